The number of carbonyl (C=O) groups excluding carboxylic acids is 2. The quantitative estimate of drug-likeness (QED) is 0.624. The summed E-state index contributed by atoms with van der Waals surface area (Å²) in [5.74, 6) is 4.34. The highest BCUT2D eigenvalue weighted by atomic mass is 16.1. The third-order valence-corrected chi connectivity index (χ3v) is 2.36. The summed E-state index contributed by atoms with van der Waals surface area (Å²) in [5, 5.41) is 0. The Balaban J connectivity index is 2.39. The molecule has 0 bridgehead atoms. The summed E-state index contributed by atoms with van der Waals surface area (Å²) in [4.78, 5) is 21.9. The van der Waals surface area contributed by atoms with Crippen molar-refractivity contribution in [2.24, 2.45) is 5.73 Å². The average molecular weight is 199 g/mol. The fraction of sp³-hybridized carbons (Fsp3) is 0.167. The van der Waals surface area contributed by atoms with E-state index in [2.05, 4.69) is 11.8 Å². The molecule has 1 aromatic carbocycles. The van der Waals surface area contributed by atoms with Crippen LogP contribution in [0.3, 0.4) is 0 Å². The van der Waals surface area contributed by atoms with Gasteiger partial charge in [0.25, 0.3) is 5.91 Å². The number of primary amides is 1. The zero-order valence-corrected chi connectivity index (χ0v) is 8.04. The third-order valence-electron chi connectivity index (χ3n) is 2.36. The maximum atomic E-state index is 11.4. The number of ketones is 1. The Morgan fingerprint density at radius 1 is 1.33 bits per heavy atom. The van der Waals surface area contributed by atoms with E-state index in [-0.39, 0.29) is 5.78 Å². The van der Waals surface area contributed by atoms with Gasteiger partial charge in [0.1, 0.15) is 0 Å². The first-order valence-electron chi connectivity index (χ1n) is 4.64. The summed E-state index contributed by atoms with van der Waals surface area (Å²) in [6, 6.07) is 5.40. The van der Waals surface area contributed by atoms with Crippen LogP contribution in [-0.2, 0) is 11.2 Å². The molecular weight excluding hydrogens is 190 g/mol. The lowest BCUT2D eigenvalue weighted by Crippen LogP contribution is -2.06. The van der Waals surface area contributed by atoms with E-state index in [0.717, 1.165) is 17.5 Å². The number of fused-ring (bicyclic) bond motifs is 1. The molecule has 0 spiro atoms. The molecular formula is C12H9NO2. The minimum Gasteiger partial charge on any atom is -0.359 e. The second-order valence-corrected chi connectivity index (χ2v) is 3.41. The Morgan fingerprint density at radius 2 is 2.13 bits per heavy atom. The van der Waals surface area contributed by atoms with Crippen molar-refractivity contribution in [2.45, 2.75) is 12.8 Å². The van der Waals surface area contributed by atoms with Gasteiger partial charge >= 0.3 is 0 Å². The van der Waals surface area contributed by atoms with Crippen LogP contribution in [0.4, 0.5) is 0 Å². The molecule has 1 aliphatic rings. The van der Waals surface area contributed by atoms with E-state index in [0.29, 0.717) is 12.0 Å². The standard InChI is InChI=1S/C12H9NO2/c13-12(15)6-2-8-1-3-9-4-5-11(14)10(9)7-8/h1,3,7H,4-5H2,(H2,13,15). The summed E-state index contributed by atoms with van der Waals surface area (Å²) in [7, 11) is 0. The molecule has 0 aromatic heterocycles. The molecule has 1 aliphatic carbocycles. The van der Waals surface area contributed by atoms with Crippen LogP contribution < -0.4 is 5.73 Å². The lowest BCUT2D eigenvalue weighted by atomic mass is 10.1. The van der Waals surface area contributed by atoms with Crippen LogP contribution in [0.15, 0.2) is 18.2 Å². The highest BCUT2D eigenvalue weighted by molar-refractivity contribution is 6.00. The van der Waals surface area contributed by atoms with Crippen molar-refractivity contribution < 1.29 is 9.59 Å². The summed E-state index contributed by atoms with van der Waals surface area (Å²) >= 11 is 0. The smallest absolute Gasteiger partial charge is 0.293 e. The van der Waals surface area contributed by atoms with E-state index in [1.54, 1.807) is 12.1 Å². The van der Waals surface area contributed by atoms with Gasteiger partial charge in [-0.25, -0.2) is 0 Å². The summed E-state index contributed by atoms with van der Waals surface area (Å²) < 4.78 is 0. The molecule has 0 heterocycles. The molecule has 2 rings (SSSR count). The van der Waals surface area contributed by atoms with Gasteiger partial charge in [0.05, 0.1) is 0 Å². The predicted molar refractivity (Wildman–Crippen MR) is 55.2 cm³/mol. The predicted octanol–water partition coefficient (Wildman–Crippen LogP) is 0.652. The molecule has 1 amide bonds. The topological polar surface area (TPSA) is 60.2 Å². The Hall–Kier alpha value is -2.08. The Morgan fingerprint density at radius 3 is 2.87 bits per heavy atom. The third kappa shape index (κ3) is 1.89. The number of hydrogen-bond donors (Lipinski definition) is 1. The number of Topliss-reactive ketones (excluding diaryl/α,β-unsaturated/α-hetero) is 1. The van der Waals surface area contributed by atoms with Crippen LogP contribution in [-0.4, -0.2) is 11.7 Å². The van der Waals surface area contributed by atoms with Crippen molar-refractivity contribution in [1.29, 1.82) is 0 Å². The molecule has 0 aliphatic heterocycles. The number of aryl methyl sites for hydroxylation is 1. The number of carbonyl (C=O) groups is 2. The van der Waals surface area contributed by atoms with E-state index in [4.69, 9.17) is 5.73 Å². The molecule has 2 N–H and O–H groups in total. The van der Waals surface area contributed by atoms with E-state index in [1.165, 1.54) is 0 Å². The number of amides is 1. The molecule has 74 valence electrons. The summed E-state index contributed by atoms with van der Waals surface area (Å²) in [6.07, 6.45) is 1.37. The number of hydrogen-bond acceptors (Lipinski definition) is 2. The van der Waals surface area contributed by atoms with Crippen molar-refractivity contribution in [2.75, 3.05) is 0 Å². The fourth-order valence-electron chi connectivity index (χ4n) is 1.65. The minimum absolute atomic E-state index is 0.146. The Kier molecular flexibility index (Phi) is 2.26. The molecule has 15 heavy (non-hydrogen) atoms. The minimum atomic E-state index is -0.665. The zero-order chi connectivity index (χ0) is 10.8. The fourth-order valence-corrected chi connectivity index (χ4v) is 1.65. The van der Waals surface area contributed by atoms with Gasteiger partial charge in [-0.1, -0.05) is 12.0 Å². The lowest BCUT2D eigenvalue weighted by Gasteiger charge is -1.97. The van der Waals surface area contributed by atoms with Crippen LogP contribution in [0, 0.1) is 11.8 Å². The van der Waals surface area contributed by atoms with Crippen molar-refractivity contribution >= 4 is 11.7 Å². The number of benzene rings is 1. The number of rotatable bonds is 0. The van der Waals surface area contributed by atoms with E-state index >= 15 is 0 Å². The van der Waals surface area contributed by atoms with Crippen molar-refractivity contribution in [1.82, 2.24) is 0 Å². The van der Waals surface area contributed by atoms with E-state index in [1.807, 2.05) is 6.07 Å². The summed E-state index contributed by atoms with van der Waals surface area (Å²) in [5.41, 5.74) is 7.34. The maximum absolute atomic E-state index is 11.4. The van der Waals surface area contributed by atoms with Gasteiger partial charge in [-0.05, 0) is 30.0 Å². The molecule has 0 unspecified atom stereocenters. The number of nitrogens with two attached hydrogens (primary N) is 1. The van der Waals surface area contributed by atoms with Gasteiger partial charge in [-0.15, -0.1) is 0 Å². The van der Waals surface area contributed by atoms with Crippen molar-refractivity contribution in [3.05, 3.63) is 34.9 Å². The SMILES string of the molecule is NC(=O)C#Cc1ccc2c(c1)C(=O)CC2. The molecule has 0 saturated heterocycles. The normalized spacial score (nSPS) is 12.9. The average Bonchev–Trinajstić information content (AvgIpc) is 2.57. The van der Waals surface area contributed by atoms with Crippen LogP contribution in [0.1, 0.15) is 27.9 Å². The van der Waals surface area contributed by atoms with Gasteiger partial charge < -0.3 is 5.73 Å². The van der Waals surface area contributed by atoms with Gasteiger partial charge in [0, 0.05) is 17.5 Å². The lowest BCUT2D eigenvalue weighted by molar-refractivity contribution is -0.112. The summed E-state index contributed by atoms with van der Waals surface area (Å²) in [6.45, 7) is 0. The first-order valence-corrected chi connectivity index (χ1v) is 4.64. The second-order valence-electron chi connectivity index (χ2n) is 3.41. The van der Waals surface area contributed by atoms with Crippen LogP contribution >= 0.6 is 0 Å². The zero-order valence-electron chi connectivity index (χ0n) is 8.04. The van der Waals surface area contributed by atoms with E-state index < -0.39 is 5.91 Å². The van der Waals surface area contributed by atoms with Gasteiger partial charge in [-0.2, -0.15) is 0 Å². The van der Waals surface area contributed by atoms with E-state index in [9.17, 15) is 9.59 Å². The molecule has 1 aromatic rings. The van der Waals surface area contributed by atoms with Gasteiger partial charge in [0.2, 0.25) is 0 Å². The van der Waals surface area contributed by atoms with Crippen LogP contribution in [0.2, 0.25) is 0 Å². The van der Waals surface area contributed by atoms with Gasteiger partial charge in [-0.3, -0.25) is 9.59 Å². The van der Waals surface area contributed by atoms with Crippen molar-refractivity contribution in [3.63, 3.8) is 0 Å². The van der Waals surface area contributed by atoms with Gasteiger partial charge in [0.15, 0.2) is 5.78 Å². The molecule has 0 radical (unpaired) electrons. The molecule has 0 fully saturated rings. The largest absolute Gasteiger partial charge is 0.359 e. The highest BCUT2D eigenvalue weighted by Gasteiger charge is 2.18. The molecule has 3 heteroatoms. The molecule has 0 saturated carbocycles. The monoisotopic (exact) mass is 199 g/mol. The Labute approximate surface area is 87.3 Å². The highest BCUT2D eigenvalue weighted by Crippen LogP contribution is 2.22. The first-order chi connectivity index (χ1) is 7.16. The Bertz CT molecular complexity index is 506. The molecule has 3 nitrogen and oxygen atoms in total. The first kappa shape index (κ1) is 9.47. The van der Waals surface area contributed by atoms with Crippen LogP contribution in [0.5, 0.6) is 0 Å². The second kappa shape index (κ2) is 3.58. The van der Waals surface area contributed by atoms with Crippen molar-refractivity contribution in [3.8, 4) is 11.8 Å². The molecule has 0 atom stereocenters. The maximum Gasteiger partial charge on any atom is 0.293 e. The van der Waals surface area contributed by atoms with Crippen LogP contribution in [0.25, 0.3) is 0 Å².